The molecule has 3 atom stereocenters. The molecule has 1 aromatic carbocycles. The molecular weight excluding hydrogens is 380 g/mol. The highest BCUT2D eigenvalue weighted by atomic mass is 16.4. The topological polar surface area (TPSA) is 185 Å². The summed E-state index contributed by atoms with van der Waals surface area (Å²) >= 11 is 0. The van der Waals surface area contributed by atoms with Crippen LogP contribution in [0.4, 0.5) is 0 Å². The van der Waals surface area contributed by atoms with E-state index < -0.39 is 48.2 Å². The third-order valence-corrected chi connectivity index (χ3v) is 4.09. The number of primary amides is 1. The predicted octanol–water partition coefficient (Wildman–Crippen LogP) is -0.762. The molecule has 0 aromatic heterocycles. The number of aromatic hydroxyl groups is 1. The van der Waals surface area contributed by atoms with Crippen LogP contribution in [-0.2, 0) is 25.6 Å². The van der Waals surface area contributed by atoms with Gasteiger partial charge in [-0.15, -0.1) is 0 Å². The third kappa shape index (κ3) is 8.60. The number of carbonyl (C=O) groups excluding carboxylic acids is 3. The number of phenols is 1. The van der Waals surface area contributed by atoms with E-state index in [4.69, 9.17) is 11.5 Å². The number of amides is 3. The second-order valence-corrected chi connectivity index (χ2v) is 7.24. The quantitative estimate of drug-likeness (QED) is 0.278. The van der Waals surface area contributed by atoms with E-state index in [1.165, 1.54) is 12.1 Å². The molecule has 0 aliphatic rings. The second-order valence-electron chi connectivity index (χ2n) is 7.24. The first-order chi connectivity index (χ1) is 13.5. The number of rotatable bonds is 11. The standard InChI is InChI=1S/C19H28N4O6/c1-10(2)7-13(20)17(26)22-14(8-11-3-5-12(24)6-4-11)18(27)23-15(19(28)29)9-16(21)25/h3-6,10,13-15,24H,7-9,20H2,1-2H3,(H2,21,25)(H,22,26)(H,23,27)(H,28,29). The number of hydrogen-bond donors (Lipinski definition) is 6. The zero-order chi connectivity index (χ0) is 22.1. The van der Waals surface area contributed by atoms with E-state index in [1.54, 1.807) is 12.1 Å². The minimum atomic E-state index is -1.52. The number of phenolic OH excluding ortho intramolecular Hbond substituents is 1. The first-order valence-electron chi connectivity index (χ1n) is 9.15. The fourth-order valence-corrected chi connectivity index (χ4v) is 2.64. The first-order valence-corrected chi connectivity index (χ1v) is 9.15. The van der Waals surface area contributed by atoms with Gasteiger partial charge in [0, 0.05) is 6.42 Å². The van der Waals surface area contributed by atoms with E-state index in [-0.39, 0.29) is 18.1 Å². The molecule has 8 N–H and O–H groups in total. The van der Waals surface area contributed by atoms with E-state index >= 15 is 0 Å². The Morgan fingerprint density at radius 2 is 1.55 bits per heavy atom. The van der Waals surface area contributed by atoms with Crippen LogP contribution in [0.15, 0.2) is 24.3 Å². The van der Waals surface area contributed by atoms with Crippen molar-refractivity contribution in [1.29, 1.82) is 0 Å². The molecule has 3 unspecified atom stereocenters. The van der Waals surface area contributed by atoms with Crippen molar-refractivity contribution in [3.63, 3.8) is 0 Å². The zero-order valence-corrected chi connectivity index (χ0v) is 16.4. The maximum Gasteiger partial charge on any atom is 0.326 e. The number of aliphatic carboxylic acids is 1. The van der Waals surface area contributed by atoms with Crippen molar-refractivity contribution in [2.24, 2.45) is 17.4 Å². The first kappa shape index (κ1) is 23.9. The average molecular weight is 408 g/mol. The summed E-state index contributed by atoms with van der Waals surface area (Å²) in [4.78, 5) is 47.4. The summed E-state index contributed by atoms with van der Waals surface area (Å²) < 4.78 is 0. The van der Waals surface area contributed by atoms with E-state index in [1.807, 2.05) is 13.8 Å². The fourth-order valence-electron chi connectivity index (χ4n) is 2.64. The average Bonchev–Trinajstić information content (AvgIpc) is 2.61. The van der Waals surface area contributed by atoms with Gasteiger partial charge in [0.15, 0.2) is 0 Å². The predicted molar refractivity (Wildman–Crippen MR) is 105 cm³/mol. The molecule has 10 heteroatoms. The zero-order valence-electron chi connectivity index (χ0n) is 16.4. The Kier molecular flexibility index (Phi) is 9.07. The molecule has 0 radical (unpaired) electrons. The molecule has 0 bridgehead atoms. The van der Waals surface area contributed by atoms with Gasteiger partial charge in [0.1, 0.15) is 17.8 Å². The molecule has 0 saturated carbocycles. The Morgan fingerprint density at radius 3 is 2.03 bits per heavy atom. The summed E-state index contributed by atoms with van der Waals surface area (Å²) in [6, 6.07) is 2.46. The number of carboxylic acids is 1. The summed E-state index contributed by atoms with van der Waals surface area (Å²) in [5.74, 6) is -3.48. The number of benzene rings is 1. The smallest absolute Gasteiger partial charge is 0.326 e. The molecule has 1 aromatic rings. The minimum Gasteiger partial charge on any atom is -0.508 e. The Bertz CT molecular complexity index is 735. The second kappa shape index (κ2) is 11.0. The van der Waals surface area contributed by atoms with Crippen LogP contribution in [0.1, 0.15) is 32.3 Å². The molecule has 0 aliphatic carbocycles. The molecule has 0 saturated heterocycles. The number of nitrogens with one attached hydrogen (secondary N) is 2. The molecule has 10 nitrogen and oxygen atoms in total. The van der Waals surface area contributed by atoms with Crippen LogP contribution in [0.25, 0.3) is 0 Å². The van der Waals surface area contributed by atoms with Gasteiger partial charge in [-0.05, 0) is 30.0 Å². The van der Waals surface area contributed by atoms with Crippen molar-refractivity contribution < 1.29 is 29.4 Å². The third-order valence-electron chi connectivity index (χ3n) is 4.09. The van der Waals surface area contributed by atoms with Crippen LogP contribution in [0.3, 0.4) is 0 Å². The highest BCUT2D eigenvalue weighted by Crippen LogP contribution is 2.12. The van der Waals surface area contributed by atoms with E-state index in [2.05, 4.69) is 10.6 Å². The SMILES string of the molecule is CC(C)CC(N)C(=O)NC(Cc1ccc(O)cc1)C(=O)NC(CC(N)=O)C(=O)O. The van der Waals surface area contributed by atoms with Crippen LogP contribution in [0.5, 0.6) is 5.75 Å². The van der Waals surface area contributed by atoms with Crippen molar-refractivity contribution >= 4 is 23.7 Å². The van der Waals surface area contributed by atoms with Gasteiger partial charge in [-0.3, -0.25) is 14.4 Å². The normalized spacial score (nSPS) is 13.9. The Hall–Kier alpha value is -3.14. The van der Waals surface area contributed by atoms with Gasteiger partial charge in [-0.1, -0.05) is 26.0 Å². The molecule has 0 fully saturated rings. The number of hydrogen-bond acceptors (Lipinski definition) is 6. The van der Waals surface area contributed by atoms with Crippen molar-refractivity contribution in [2.75, 3.05) is 0 Å². The van der Waals surface area contributed by atoms with Crippen molar-refractivity contribution in [3.8, 4) is 5.75 Å². The van der Waals surface area contributed by atoms with Gasteiger partial charge < -0.3 is 32.3 Å². The largest absolute Gasteiger partial charge is 0.508 e. The minimum absolute atomic E-state index is 0.0230. The maximum atomic E-state index is 12.7. The fraction of sp³-hybridized carbons (Fsp3) is 0.474. The maximum absolute atomic E-state index is 12.7. The van der Waals surface area contributed by atoms with E-state index in [0.29, 0.717) is 12.0 Å². The number of carboxylic acid groups (broad SMARTS) is 1. The monoisotopic (exact) mass is 408 g/mol. The van der Waals surface area contributed by atoms with E-state index in [0.717, 1.165) is 0 Å². The molecule has 3 amide bonds. The van der Waals surface area contributed by atoms with Crippen LogP contribution in [0.2, 0.25) is 0 Å². The van der Waals surface area contributed by atoms with Crippen LogP contribution in [-0.4, -0.2) is 52.0 Å². The summed E-state index contributed by atoms with van der Waals surface area (Å²) in [5.41, 5.74) is 11.5. The highest BCUT2D eigenvalue weighted by Gasteiger charge is 2.29. The van der Waals surface area contributed by atoms with Crippen molar-refractivity contribution in [3.05, 3.63) is 29.8 Å². The van der Waals surface area contributed by atoms with Crippen LogP contribution >= 0.6 is 0 Å². The van der Waals surface area contributed by atoms with Gasteiger partial charge in [0.25, 0.3) is 0 Å². The molecule has 160 valence electrons. The molecule has 0 spiro atoms. The lowest BCUT2D eigenvalue weighted by Gasteiger charge is -2.23. The van der Waals surface area contributed by atoms with Gasteiger partial charge in [-0.2, -0.15) is 0 Å². The van der Waals surface area contributed by atoms with Crippen molar-refractivity contribution in [1.82, 2.24) is 10.6 Å². The van der Waals surface area contributed by atoms with Crippen LogP contribution in [0, 0.1) is 5.92 Å². The Labute approximate surface area is 168 Å². The lowest BCUT2D eigenvalue weighted by molar-refractivity contribution is -0.143. The molecule has 0 heterocycles. The van der Waals surface area contributed by atoms with Gasteiger partial charge >= 0.3 is 5.97 Å². The number of carbonyl (C=O) groups is 4. The molecule has 29 heavy (non-hydrogen) atoms. The van der Waals surface area contributed by atoms with Gasteiger partial charge in [0.2, 0.25) is 17.7 Å². The summed E-state index contributed by atoms with van der Waals surface area (Å²) in [5, 5.41) is 23.3. The molecule has 1 rings (SSSR count). The summed E-state index contributed by atoms with van der Waals surface area (Å²) in [6.45, 7) is 3.80. The lowest BCUT2D eigenvalue weighted by atomic mass is 10.0. The molecular formula is C19H28N4O6. The summed E-state index contributed by atoms with van der Waals surface area (Å²) in [7, 11) is 0. The van der Waals surface area contributed by atoms with Crippen molar-refractivity contribution in [2.45, 2.75) is 51.2 Å². The Balaban J connectivity index is 2.99. The van der Waals surface area contributed by atoms with Gasteiger partial charge in [0.05, 0.1) is 12.5 Å². The van der Waals surface area contributed by atoms with E-state index in [9.17, 15) is 29.4 Å². The lowest BCUT2D eigenvalue weighted by Crippen LogP contribution is -2.55. The van der Waals surface area contributed by atoms with Crippen LogP contribution < -0.4 is 22.1 Å². The van der Waals surface area contributed by atoms with Gasteiger partial charge in [-0.25, -0.2) is 4.79 Å². The highest BCUT2D eigenvalue weighted by molar-refractivity contribution is 5.93. The summed E-state index contributed by atoms with van der Waals surface area (Å²) in [6.07, 6.45) is -0.165. The Morgan fingerprint density at radius 1 is 1.00 bits per heavy atom. The number of nitrogens with two attached hydrogens (primary N) is 2. The molecule has 0 aliphatic heterocycles.